The minimum Gasteiger partial charge on any atom is -0.393 e. The van der Waals surface area contributed by atoms with Crippen molar-refractivity contribution in [1.82, 2.24) is 0 Å². The van der Waals surface area contributed by atoms with Crippen molar-refractivity contribution in [2.75, 3.05) is 5.75 Å². The van der Waals surface area contributed by atoms with E-state index in [4.69, 9.17) is 11.6 Å². The fourth-order valence-electron chi connectivity index (χ4n) is 1.61. The zero-order valence-electron chi connectivity index (χ0n) is 7.65. The molecular weight excluding hydrogens is 186 g/mol. The van der Waals surface area contributed by atoms with Crippen LogP contribution in [0.25, 0.3) is 0 Å². The van der Waals surface area contributed by atoms with E-state index < -0.39 is 0 Å². The molecule has 0 saturated heterocycles. The topological polar surface area (TPSA) is 84.6 Å². The number of thioether (sulfide) groups is 1. The van der Waals surface area contributed by atoms with Gasteiger partial charge in [0.05, 0.1) is 6.10 Å². The van der Waals surface area contributed by atoms with Crippen molar-refractivity contribution in [3.05, 3.63) is 0 Å². The van der Waals surface area contributed by atoms with Gasteiger partial charge in [0.2, 0.25) is 0 Å². The van der Waals surface area contributed by atoms with Gasteiger partial charge in [-0.3, -0.25) is 0 Å². The van der Waals surface area contributed by atoms with Crippen LogP contribution in [0.1, 0.15) is 25.7 Å². The molecule has 0 spiro atoms. The average molecular weight is 203 g/mol. The lowest BCUT2D eigenvalue weighted by Gasteiger charge is -2.26. The Kier molecular flexibility index (Phi) is 4.38. The third kappa shape index (κ3) is 3.44. The number of amidine groups is 1. The van der Waals surface area contributed by atoms with Gasteiger partial charge >= 0.3 is 0 Å². The summed E-state index contributed by atoms with van der Waals surface area (Å²) in [4.78, 5) is 0. The summed E-state index contributed by atoms with van der Waals surface area (Å²) in [6.07, 6.45) is 4.20. The first kappa shape index (κ1) is 10.7. The Bertz CT molecular complexity index is 186. The Morgan fingerprint density at radius 3 is 2.77 bits per heavy atom. The summed E-state index contributed by atoms with van der Waals surface area (Å²) in [5.74, 6) is 6.19. The van der Waals surface area contributed by atoms with Crippen molar-refractivity contribution in [3.63, 3.8) is 0 Å². The molecule has 13 heavy (non-hydrogen) atoms. The predicted octanol–water partition coefficient (Wildman–Crippen LogP) is 0.459. The molecule has 76 valence electrons. The Morgan fingerprint density at radius 1 is 1.46 bits per heavy atom. The average Bonchev–Trinajstić information content (AvgIpc) is 2.16. The Labute approximate surface area is 82.8 Å². The Morgan fingerprint density at radius 2 is 2.15 bits per heavy atom. The van der Waals surface area contributed by atoms with Crippen LogP contribution < -0.4 is 11.6 Å². The van der Waals surface area contributed by atoms with Crippen LogP contribution in [0.2, 0.25) is 0 Å². The van der Waals surface area contributed by atoms with E-state index in [0.29, 0.717) is 11.1 Å². The molecular formula is C8H17N3OS. The van der Waals surface area contributed by atoms with Crippen LogP contribution in [-0.2, 0) is 0 Å². The molecule has 1 saturated carbocycles. The molecule has 0 amide bonds. The molecule has 2 unspecified atom stereocenters. The van der Waals surface area contributed by atoms with Gasteiger partial charge in [-0.1, -0.05) is 24.6 Å². The van der Waals surface area contributed by atoms with E-state index in [1.807, 2.05) is 0 Å². The zero-order chi connectivity index (χ0) is 9.68. The summed E-state index contributed by atoms with van der Waals surface area (Å²) >= 11 is 1.43. The van der Waals surface area contributed by atoms with E-state index in [1.54, 1.807) is 0 Å². The molecule has 1 rings (SSSR count). The minimum atomic E-state index is -0.160. The van der Waals surface area contributed by atoms with Crippen molar-refractivity contribution in [2.24, 2.45) is 22.6 Å². The first-order chi connectivity index (χ1) is 6.24. The van der Waals surface area contributed by atoms with Crippen LogP contribution in [0.3, 0.4) is 0 Å². The van der Waals surface area contributed by atoms with Crippen LogP contribution in [-0.4, -0.2) is 22.1 Å². The third-order valence-electron chi connectivity index (χ3n) is 2.44. The molecule has 2 atom stereocenters. The first-order valence-corrected chi connectivity index (χ1v) is 5.57. The Hall–Kier alpha value is -0.420. The van der Waals surface area contributed by atoms with E-state index >= 15 is 0 Å². The van der Waals surface area contributed by atoms with Crippen molar-refractivity contribution >= 4 is 16.9 Å². The first-order valence-electron chi connectivity index (χ1n) is 4.58. The number of hydrogen-bond donors (Lipinski definition) is 3. The maximum absolute atomic E-state index is 9.63. The highest BCUT2D eigenvalue weighted by atomic mass is 32.2. The number of aliphatic hydroxyl groups is 1. The quantitative estimate of drug-likeness (QED) is 0.263. The molecule has 0 aliphatic heterocycles. The number of aliphatic hydroxyl groups excluding tert-OH is 1. The van der Waals surface area contributed by atoms with E-state index in [-0.39, 0.29) is 6.10 Å². The number of hydrogen-bond acceptors (Lipinski definition) is 4. The fourth-order valence-corrected chi connectivity index (χ4v) is 2.46. The second-order valence-corrected chi connectivity index (χ2v) is 4.43. The summed E-state index contributed by atoms with van der Waals surface area (Å²) < 4.78 is 0. The highest BCUT2D eigenvalue weighted by molar-refractivity contribution is 8.13. The van der Waals surface area contributed by atoms with Gasteiger partial charge in [-0.25, -0.2) is 0 Å². The van der Waals surface area contributed by atoms with Gasteiger partial charge in [0.1, 0.15) is 0 Å². The molecule has 0 heterocycles. The fraction of sp³-hybridized carbons (Fsp3) is 0.875. The molecule has 1 aliphatic rings. The highest BCUT2D eigenvalue weighted by Crippen LogP contribution is 2.27. The molecule has 5 heteroatoms. The normalized spacial score (nSPS) is 30.4. The largest absolute Gasteiger partial charge is 0.393 e. The smallest absolute Gasteiger partial charge is 0.177 e. The summed E-state index contributed by atoms with van der Waals surface area (Å²) in [6.45, 7) is 0. The molecule has 0 aromatic heterocycles. The molecule has 0 aromatic rings. The lowest BCUT2D eigenvalue weighted by molar-refractivity contribution is 0.0817. The molecule has 1 fully saturated rings. The second-order valence-electron chi connectivity index (χ2n) is 3.39. The monoisotopic (exact) mass is 203 g/mol. The van der Waals surface area contributed by atoms with Gasteiger partial charge in [-0.05, 0) is 18.8 Å². The van der Waals surface area contributed by atoms with E-state index in [0.717, 1.165) is 25.0 Å². The molecule has 0 radical (unpaired) electrons. The van der Waals surface area contributed by atoms with E-state index in [2.05, 4.69) is 5.10 Å². The maximum Gasteiger partial charge on any atom is 0.177 e. The van der Waals surface area contributed by atoms with Crippen molar-refractivity contribution in [2.45, 2.75) is 31.8 Å². The molecule has 5 N–H and O–H groups in total. The lowest BCUT2D eigenvalue weighted by Crippen LogP contribution is -2.27. The molecule has 0 bridgehead atoms. The summed E-state index contributed by atoms with van der Waals surface area (Å²) in [5, 5.41) is 13.4. The van der Waals surface area contributed by atoms with Crippen LogP contribution in [0.4, 0.5) is 0 Å². The lowest BCUT2D eigenvalue weighted by atomic mass is 9.88. The van der Waals surface area contributed by atoms with Crippen LogP contribution in [0.5, 0.6) is 0 Å². The third-order valence-corrected chi connectivity index (χ3v) is 3.44. The van der Waals surface area contributed by atoms with E-state index in [9.17, 15) is 5.11 Å². The van der Waals surface area contributed by atoms with Gasteiger partial charge < -0.3 is 16.7 Å². The maximum atomic E-state index is 9.63. The summed E-state index contributed by atoms with van der Waals surface area (Å²) in [5.41, 5.74) is 5.44. The van der Waals surface area contributed by atoms with Gasteiger partial charge in [0.15, 0.2) is 5.17 Å². The molecule has 4 nitrogen and oxygen atoms in total. The van der Waals surface area contributed by atoms with Gasteiger partial charge in [-0.15, -0.1) is 0 Å². The zero-order valence-corrected chi connectivity index (χ0v) is 8.46. The van der Waals surface area contributed by atoms with Crippen molar-refractivity contribution in [1.29, 1.82) is 0 Å². The van der Waals surface area contributed by atoms with Crippen LogP contribution in [0.15, 0.2) is 5.10 Å². The SMILES string of the molecule is N/N=C(\N)SCC1CCCCC1O. The Balaban J connectivity index is 2.26. The van der Waals surface area contributed by atoms with Crippen molar-refractivity contribution in [3.8, 4) is 0 Å². The standard InChI is InChI=1S/C8H17N3OS/c9-8(11-10)13-5-6-3-1-2-4-7(6)12/h6-7,12H,1-5,10H2,(H2,9,11). The second kappa shape index (κ2) is 5.34. The highest BCUT2D eigenvalue weighted by Gasteiger charge is 2.22. The van der Waals surface area contributed by atoms with E-state index in [1.165, 1.54) is 18.2 Å². The summed E-state index contributed by atoms with van der Waals surface area (Å²) in [7, 11) is 0. The number of hydrazone groups is 1. The predicted molar refractivity (Wildman–Crippen MR) is 56.2 cm³/mol. The number of nitrogens with two attached hydrogens (primary N) is 2. The van der Waals surface area contributed by atoms with Gasteiger partial charge in [0, 0.05) is 5.75 Å². The van der Waals surface area contributed by atoms with Crippen LogP contribution in [0, 0.1) is 5.92 Å². The van der Waals surface area contributed by atoms with Crippen LogP contribution >= 0.6 is 11.8 Å². The number of nitrogens with zero attached hydrogens (tertiary/aromatic N) is 1. The molecule has 0 aromatic carbocycles. The van der Waals surface area contributed by atoms with Gasteiger partial charge in [0.25, 0.3) is 0 Å². The molecule has 1 aliphatic carbocycles. The minimum absolute atomic E-state index is 0.160. The van der Waals surface area contributed by atoms with Gasteiger partial charge in [-0.2, -0.15) is 5.10 Å². The van der Waals surface area contributed by atoms with Crippen molar-refractivity contribution < 1.29 is 5.11 Å². The number of rotatable bonds is 2. The summed E-state index contributed by atoms with van der Waals surface area (Å²) in [6, 6.07) is 0.